The molecule has 0 fully saturated rings. The molecular formula is C17H18N4O2. The summed E-state index contributed by atoms with van der Waals surface area (Å²) in [4.78, 5) is 9.05. The SMILES string of the molecule is Cc1cc(C)c(-c2nc(-c3c(C)ncc4c3CCNC4)no2)o1. The Morgan fingerprint density at radius 2 is 2.09 bits per heavy atom. The summed E-state index contributed by atoms with van der Waals surface area (Å²) in [6, 6.07) is 1.96. The molecule has 23 heavy (non-hydrogen) atoms. The minimum Gasteiger partial charge on any atom is -0.456 e. The van der Waals surface area contributed by atoms with E-state index >= 15 is 0 Å². The number of aryl methyl sites for hydroxylation is 3. The molecule has 1 aliphatic heterocycles. The highest BCUT2D eigenvalue weighted by atomic mass is 16.5. The third kappa shape index (κ3) is 2.35. The number of pyridine rings is 1. The smallest absolute Gasteiger partial charge is 0.294 e. The Kier molecular flexibility index (Phi) is 3.27. The van der Waals surface area contributed by atoms with Crippen molar-refractivity contribution in [2.45, 2.75) is 33.7 Å². The summed E-state index contributed by atoms with van der Waals surface area (Å²) in [6.07, 6.45) is 2.87. The highest BCUT2D eigenvalue weighted by Gasteiger charge is 2.22. The molecule has 1 aliphatic rings. The second-order valence-corrected chi connectivity index (χ2v) is 5.94. The van der Waals surface area contributed by atoms with Crippen LogP contribution in [-0.2, 0) is 13.0 Å². The van der Waals surface area contributed by atoms with Gasteiger partial charge in [-0.15, -0.1) is 0 Å². The van der Waals surface area contributed by atoms with E-state index in [0.717, 1.165) is 42.1 Å². The summed E-state index contributed by atoms with van der Waals surface area (Å²) in [5, 5.41) is 7.54. The molecule has 0 spiro atoms. The van der Waals surface area contributed by atoms with Gasteiger partial charge < -0.3 is 14.3 Å². The lowest BCUT2D eigenvalue weighted by Crippen LogP contribution is -2.24. The molecule has 0 unspecified atom stereocenters. The number of nitrogens with zero attached hydrogens (tertiary/aromatic N) is 3. The van der Waals surface area contributed by atoms with Gasteiger partial charge in [0.05, 0.1) is 0 Å². The van der Waals surface area contributed by atoms with E-state index in [9.17, 15) is 0 Å². The maximum Gasteiger partial charge on any atom is 0.294 e. The van der Waals surface area contributed by atoms with Crippen LogP contribution in [0.2, 0.25) is 0 Å². The van der Waals surface area contributed by atoms with Gasteiger partial charge in [0.15, 0.2) is 5.76 Å². The van der Waals surface area contributed by atoms with E-state index in [1.807, 2.05) is 33.0 Å². The van der Waals surface area contributed by atoms with Crippen molar-refractivity contribution in [1.82, 2.24) is 20.4 Å². The lowest BCUT2D eigenvalue weighted by molar-refractivity contribution is 0.413. The summed E-state index contributed by atoms with van der Waals surface area (Å²) in [6.45, 7) is 7.64. The molecule has 0 bridgehead atoms. The molecule has 0 saturated carbocycles. The van der Waals surface area contributed by atoms with Crippen molar-refractivity contribution in [3.8, 4) is 23.0 Å². The molecule has 6 heteroatoms. The van der Waals surface area contributed by atoms with Crippen molar-refractivity contribution in [3.63, 3.8) is 0 Å². The number of aromatic nitrogens is 3. The molecule has 118 valence electrons. The van der Waals surface area contributed by atoms with Gasteiger partial charge in [-0.1, -0.05) is 5.16 Å². The molecule has 4 heterocycles. The van der Waals surface area contributed by atoms with Crippen LogP contribution < -0.4 is 5.32 Å². The lowest BCUT2D eigenvalue weighted by atomic mass is 9.95. The van der Waals surface area contributed by atoms with Crippen LogP contribution in [0.4, 0.5) is 0 Å². The Morgan fingerprint density at radius 1 is 1.22 bits per heavy atom. The van der Waals surface area contributed by atoms with E-state index in [1.54, 1.807) is 0 Å². The Hall–Kier alpha value is -2.47. The highest BCUT2D eigenvalue weighted by molar-refractivity contribution is 5.66. The summed E-state index contributed by atoms with van der Waals surface area (Å²) < 4.78 is 11.1. The monoisotopic (exact) mass is 310 g/mol. The summed E-state index contributed by atoms with van der Waals surface area (Å²) in [5.74, 6) is 2.46. The maximum atomic E-state index is 5.67. The fourth-order valence-electron chi connectivity index (χ4n) is 3.14. The van der Waals surface area contributed by atoms with Gasteiger partial charge in [0.2, 0.25) is 5.82 Å². The fourth-order valence-corrected chi connectivity index (χ4v) is 3.14. The zero-order valence-electron chi connectivity index (χ0n) is 13.4. The fraction of sp³-hybridized carbons (Fsp3) is 0.353. The van der Waals surface area contributed by atoms with Gasteiger partial charge in [-0.25, -0.2) is 0 Å². The van der Waals surface area contributed by atoms with E-state index in [-0.39, 0.29) is 0 Å². The van der Waals surface area contributed by atoms with Crippen LogP contribution in [0.1, 0.15) is 28.1 Å². The van der Waals surface area contributed by atoms with E-state index in [2.05, 4.69) is 20.4 Å². The lowest BCUT2D eigenvalue weighted by Gasteiger charge is -2.19. The van der Waals surface area contributed by atoms with Crippen LogP contribution in [0.5, 0.6) is 0 Å². The predicted octanol–water partition coefficient (Wildman–Crippen LogP) is 2.96. The number of nitrogens with one attached hydrogen (secondary N) is 1. The quantitative estimate of drug-likeness (QED) is 0.784. The third-order valence-electron chi connectivity index (χ3n) is 4.22. The Labute approximate surface area is 133 Å². The topological polar surface area (TPSA) is 77.0 Å². The molecule has 0 atom stereocenters. The molecule has 0 radical (unpaired) electrons. The summed E-state index contributed by atoms with van der Waals surface area (Å²) >= 11 is 0. The second-order valence-electron chi connectivity index (χ2n) is 5.94. The molecule has 6 nitrogen and oxygen atoms in total. The molecule has 4 rings (SSSR count). The Morgan fingerprint density at radius 3 is 2.87 bits per heavy atom. The Bertz CT molecular complexity index is 879. The number of rotatable bonds is 2. The largest absolute Gasteiger partial charge is 0.456 e. The van der Waals surface area contributed by atoms with Crippen molar-refractivity contribution in [2.24, 2.45) is 0 Å². The summed E-state index contributed by atoms with van der Waals surface area (Å²) in [5.41, 5.74) is 5.36. The zero-order valence-corrected chi connectivity index (χ0v) is 13.4. The van der Waals surface area contributed by atoms with Gasteiger partial charge in [0.25, 0.3) is 5.89 Å². The maximum absolute atomic E-state index is 5.67. The number of fused-ring (bicyclic) bond motifs is 1. The predicted molar refractivity (Wildman–Crippen MR) is 84.9 cm³/mol. The standard InChI is InChI=1S/C17H18N4O2/c1-9-6-10(2)22-15(9)17-20-16(21-23-17)14-11(3)19-8-12-7-18-5-4-13(12)14/h6,8,18H,4-5,7H2,1-3H3. The van der Waals surface area contributed by atoms with Crippen LogP contribution >= 0.6 is 0 Å². The van der Waals surface area contributed by atoms with Crippen LogP contribution in [0.15, 0.2) is 21.2 Å². The summed E-state index contributed by atoms with van der Waals surface area (Å²) in [7, 11) is 0. The van der Waals surface area contributed by atoms with Crippen LogP contribution in [0.3, 0.4) is 0 Å². The average molecular weight is 310 g/mol. The normalized spacial score (nSPS) is 14.0. The van der Waals surface area contributed by atoms with Gasteiger partial charge in [-0.2, -0.15) is 4.98 Å². The molecule has 1 N–H and O–H groups in total. The minimum atomic E-state index is 0.413. The van der Waals surface area contributed by atoms with Gasteiger partial charge in [-0.3, -0.25) is 4.98 Å². The van der Waals surface area contributed by atoms with Crippen molar-refractivity contribution < 1.29 is 8.94 Å². The number of furan rings is 1. The Balaban J connectivity index is 1.82. The first-order valence-corrected chi connectivity index (χ1v) is 7.73. The first-order chi connectivity index (χ1) is 11.1. The van der Waals surface area contributed by atoms with E-state index in [4.69, 9.17) is 8.94 Å². The zero-order chi connectivity index (χ0) is 16.0. The minimum absolute atomic E-state index is 0.413. The first-order valence-electron chi connectivity index (χ1n) is 7.73. The molecule has 0 aliphatic carbocycles. The van der Waals surface area contributed by atoms with Crippen molar-refractivity contribution in [3.05, 3.63) is 40.4 Å². The molecule has 0 amide bonds. The molecular weight excluding hydrogens is 292 g/mol. The second kappa shape index (κ2) is 5.31. The van der Waals surface area contributed by atoms with Gasteiger partial charge in [0, 0.05) is 29.6 Å². The van der Waals surface area contributed by atoms with Crippen LogP contribution in [0, 0.1) is 20.8 Å². The van der Waals surface area contributed by atoms with Crippen molar-refractivity contribution in [1.29, 1.82) is 0 Å². The van der Waals surface area contributed by atoms with Gasteiger partial charge in [0.1, 0.15) is 5.76 Å². The van der Waals surface area contributed by atoms with Crippen LogP contribution in [0.25, 0.3) is 23.0 Å². The van der Waals surface area contributed by atoms with Gasteiger partial charge in [-0.05, 0) is 50.9 Å². The molecule has 0 saturated heterocycles. The van der Waals surface area contributed by atoms with Crippen molar-refractivity contribution >= 4 is 0 Å². The molecule has 3 aromatic heterocycles. The van der Waals surface area contributed by atoms with Crippen LogP contribution in [-0.4, -0.2) is 21.7 Å². The number of hydrogen-bond acceptors (Lipinski definition) is 6. The van der Waals surface area contributed by atoms with Gasteiger partial charge >= 0.3 is 0 Å². The van der Waals surface area contributed by atoms with E-state index in [0.29, 0.717) is 17.5 Å². The van der Waals surface area contributed by atoms with E-state index in [1.165, 1.54) is 11.1 Å². The highest BCUT2D eigenvalue weighted by Crippen LogP contribution is 2.31. The average Bonchev–Trinajstić information content (AvgIpc) is 3.13. The third-order valence-corrected chi connectivity index (χ3v) is 4.22. The van der Waals surface area contributed by atoms with Crippen molar-refractivity contribution in [2.75, 3.05) is 6.54 Å². The first kappa shape index (κ1) is 14.1. The number of hydrogen-bond donors (Lipinski definition) is 1. The van der Waals surface area contributed by atoms with E-state index < -0.39 is 0 Å². The molecule has 3 aromatic rings. The molecule has 0 aromatic carbocycles.